The van der Waals surface area contributed by atoms with Gasteiger partial charge < -0.3 is 19.3 Å². The van der Waals surface area contributed by atoms with Crippen LogP contribution in [0.4, 0.5) is 0 Å². The van der Waals surface area contributed by atoms with Gasteiger partial charge in [-0.3, -0.25) is 9.69 Å². The molecule has 1 N–H and O–H groups in total. The highest BCUT2D eigenvalue weighted by Crippen LogP contribution is 2.47. The predicted molar refractivity (Wildman–Crippen MR) is 144 cm³/mol. The van der Waals surface area contributed by atoms with E-state index in [-0.39, 0.29) is 18.5 Å². The van der Waals surface area contributed by atoms with Crippen LogP contribution in [0.1, 0.15) is 56.2 Å². The van der Waals surface area contributed by atoms with Gasteiger partial charge in [0.2, 0.25) is 16.8 Å². The highest BCUT2D eigenvalue weighted by molar-refractivity contribution is 7.89. The van der Waals surface area contributed by atoms with Crippen LogP contribution in [0.3, 0.4) is 0 Å². The second-order valence-corrected chi connectivity index (χ2v) is 12.0. The van der Waals surface area contributed by atoms with Crippen molar-refractivity contribution in [2.45, 2.75) is 45.1 Å². The molecule has 0 saturated carbocycles. The van der Waals surface area contributed by atoms with Crippen LogP contribution >= 0.6 is 0 Å². The summed E-state index contributed by atoms with van der Waals surface area (Å²) in [7, 11) is -1.79. The Bertz CT molecular complexity index is 1200. The maximum atomic E-state index is 13.0. The summed E-state index contributed by atoms with van der Waals surface area (Å²) in [6, 6.07) is 12.6. The molecule has 208 valence electrons. The predicted octanol–water partition coefficient (Wildman–Crippen LogP) is 4.11. The second-order valence-electron chi connectivity index (χ2n) is 9.86. The van der Waals surface area contributed by atoms with Crippen molar-refractivity contribution in [1.29, 1.82) is 0 Å². The molecular weight excluding hydrogens is 508 g/mol. The number of methoxy groups -OCH3 is 1. The van der Waals surface area contributed by atoms with E-state index < -0.39 is 28.0 Å². The van der Waals surface area contributed by atoms with E-state index in [0.717, 1.165) is 24.0 Å². The van der Waals surface area contributed by atoms with Crippen LogP contribution in [-0.4, -0.2) is 74.5 Å². The van der Waals surface area contributed by atoms with Crippen molar-refractivity contribution in [1.82, 2.24) is 9.21 Å². The van der Waals surface area contributed by atoms with Gasteiger partial charge in [-0.15, -0.1) is 0 Å². The number of ether oxygens (including phenoxy) is 3. The zero-order valence-corrected chi connectivity index (χ0v) is 23.2. The van der Waals surface area contributed by atoms with Crippen molar-refractivity contribution < 1.29 is 32.5 Å². The number of likely N-dealkylation sites (tertiary alicyclic amines) is 1. The summed E-state index contributed by atoms with van der Waals surface area (Å²) in [5, 5.41) is 10.5. The van der Waals surface area contributed by atoms with Crippen molar-refractivity contribution in [3.8, 4) is 17.2 Å². The molecule has 2 aromatic rings. The summed E-state index contributed by atoms with van der Waals surface area (Å²) >= 11 is 0. The molecule has 2 aliphatic rings. The van der Waals surface area contributed by atoms with Crippen LogP contribution in [0.25, 0.3) is 0 Å². The number of aliphatic carboxylic acids is 1. The zero-order chi connectivity index (χ0) is 27.3. The SMILES string of the molecule is CCCCN(CCN1C[C@H](c2ccc3c(c2)OCO3)[C@H](C(=O)O)[C@H]1c1ccc(OC)cc1)S(=O)(=O)CCC. The minimum atomic E-state index is -3.39. The number of unbranched alkanes of at least 4 members (excludes halogenated alkanes) is 1. The van der Waals surface area contributed by atoms with Crippen molar-refractivity contribution in [2.75, 3.05) is 45.8 Å². The summed E-state index contributed by atoms with van der Waals surface area (Å²) in [5.74, 6) is 0.116. The maximum absolute atomic E-state index is 13.0. The van der Waals surface area contributed by atoms with Crippen LogP contribution < -0.4 is 14.2 Å². The molecule has 0 aromatic heterocycles. The van der Waals surface area contributed by atoms with E-state index in [4.69, 9.17) is 14.2 Å². The Morgan fingerprint density at radius 3 is 2.42 bits per heavy atom. The van der Waals surface area contributed by atoms with E-state index in [1.165, 1.54) is 0 Å². The largest absolute Gasteiger partial charge is 0.497 e. The van der Waals surface area contributed by atoms with E-state index in [2.05, 4.69) is 4.90 Å². The van der Waals surface area contributed by atoms with Gasteiger partial charge in [-0.05, 0) is 48.2 Å². The van der Waals surface area contributed by atoms with Gasteiger partial charge in [0.25, 0.3) is 0 Å². The quantitative estimate of drug-likeness (QED) is 0.400. The third-order valence-corrected chi connectivity index (χ3v) is 9.49. The van der Waals surface area contributed by atoms with Gasteiger partial charge in [0.15, 0.2) is 11.5 Å². The summed E-state index contributed by atoms with van der Waals surface area (Å²) < 4.78 is 43.9. The molecule has 0 radical (unpaired) electrons. The lowest BCUT2D eigenvalue weighted by Gasteiger charge is -2.30. The molecule has 1 saturated heterocycles. The number of carboxylic acid groups (broad SMARTS) is 1. The first-order valence-corrected chi connectivity index (χ1v) is 14.9. The normalized spacial score (nSPS) is 21.2. The van der Waals surface area contributed by atoms with Gasteiger partial charge >= 0.3 is 5.97 Å². The van der Waals surface area contributed by atoms with Gasteiger partial charge in [0.1, 0.15) is 5.75 Å². The molecule has 0 amide bonds. The first-order chi connectivity index (χ1) is 18.3. The van der Waals surface area contributed by atoms with Gasteiger partial charge in [-0.2, -0.15) is 0 Å². The Morgan fingerprint density at radius 2 is 1.76 bits per heavy atom. The molecule has 2 aromatic carbocycles. The van der Waals surface area contributed by atoms with Crippen molar-refractivity contribution in [3.05, 3.63) is 53.6 Å². The maximum Gasteiger partial charge on any atom is 0.309 e. The molecule has 0 bridgehead atoms. The number of hydrogen-bond acceptors (Lipinski definition) is 7. The lowest BCUT2D eigenvalue weighted by atomic mass is 9.82. The van der Waals surface area contributed by atoms with Gasteiger partial charge in [-0.1, -0.05) is 38.5 Å². The van der Waals surface area contributed by atoms with E-state index in [0.29, 0.717) is 49.8 Å². The summed E-state index contributed by atoms with van der Waals surface area (Å²) in [6.07, 6.45) is 2.22. The van der Waals surface area contributed by atoms with Gasteiger partial charge in [-0.25, -0.2) is 12.7 Å². The van der Waals surface area contributed by atoms with Crippen molar-refractivity contribution in [3.63, 3.8) is 0 Å². The Hall–Kier alpha value is -2.82. The summed E-state index contributed by atoms with van der Waals surface area (Å²) in [5.41, 5.74) is 1.72. The standard InChI is InChI=1S/C28H38N2O7S/c1-4-6-13-30(38(33,34)16-5-2)15-14-29-18-23(21-9-12-24-25(17-21)37-19-36-24)26(28(31)32)27(29)20-7-10-22(35-3)11-8-20/h7-12,17,23,26-27H,4-6,13-16,18-19H2,1-3H3,(H,31,32)/t23-,26+,27-/m1/s1. The summed E-state index contributed by atoms with van der Waals surface area (Å²) in [6.45, 7) is 5.73. The fourth-order valence-electron chi connectivity index (χ4n) is 5.49. The minimum Gasteiger partial charge on any atom is -0.497 e. The minimum absolute atomic E-state index is 0.107. The number of sulfonamides is 1. The molecule has 3 atom stereocenters. The molecule has 9 nitrogen and oxygen atoms in total. The first-order valence-electron chi connectivity index (χ1n) is 13.3. The third kappa shape index (κ3) is 6.08. The Kier molecular flexibility index (Phi) is 9.17. The molecule has 0 unspecified atom stereocenters. The number of fused-ring (bicyclic) bond motifs is 1. The van der Waals surface area contributed by atoms with E-state index in [9.17, 15) is 18.3 Å². The third-order valence-electron chi connectivity index (χ3n) is 7.42. The molecular formula is C28H38N2O7S. The highest BCUT2D eigenvalue weighted by atomic mass is 32.2. The number of nitrogens with zero attached hydrogens (tertiary/aromatic N) is 2. The van der Waals surface area contributed by atoms with Crippen LogP contribution in [0.5, 0.6) is 17.2 Å². The lowest BCUT2D eigenvalue weighted by Crippen LogP contribution is -2.40. The van der Waals surface area contributed by atoms with Crippen LogP contribution in [0, 0.1) is 5.92 Å². The number of carbonyl (C=O) groups is 1. The van der Waals surface area contributed by atoms with Gasteiger partial charge in [0, 0.05) is 38.1 Å². The fraction of sp³-hybridized carbons (Fsp3) is 0.536. The number of hydrogen-bond donors (Lipinski definition) is 1. The molecule has 38 heavy (non-hydrogen) atoms. The number of rotatable bonds is 13. The lowest BCUT2D eigenvalue weighted by molar-refractivity contribution is -0.143. The molecule has 2 heterocycles. The molecule has 0 aliphatic carbocycles. The van der Waals surface area contributed by atoms with Gasteiger partial charge in [0.05, 0.1) is 18.8 Å². The second kappa shape index (κ2) is 12.4. The molecule has 10 heteroatoms. The monoisotopic (exact) mass is 546 g/mol. The number of benzene rings is 2. The topological polar surface area (TPSA) is 106 Å². The molecule has 1 fully saturated rings. The highest BCUT2D eigenvalue weighted by Gasteiger charge is 2.47. The van der Waals surface area contributed by atoms with E-state index in [1.807, 2.05) is 56.3 Å². The fourth-order valence-corrected chi connectivity index (χ4v) is 7.03. The molecule has 4 rings (SSSR count). The zero-order valence-electron chi connectivity index (χ0n) is 22.3. The molecule has 2 aliphatic heterocycles. The van der Waals surface area contributed by atoms with Crippen molar-refractivity contribution in [2.24, 2.45) is 5.92 Å². The van der Waals surface area contributed by atoms with E-state index >= 15 is 0 Å². The average molecular weight is 547 g/mol. The molecule has 0 spiro atoms. The van der Waals surface area contributed by atoms with Crippen molar-refractivity contribution >= 4 is 16.0 Å². The number of carboxylic acids is 1. The Balaban J connectivity index is 1.67. The van der Waals surface area contributed by atoms with E-state index in [1.54, 1.807) is 11.4 Å². The first kappa shape index (κ1) is 28.2. The smallest absolute Gasteiger partial charge is 0.309 e. The Morgan fingerprint density at radius 1 is 1.05 bits per heavy atom. The van der Waals surface area contributed by atoms with Crippen LogP contribution in [0.15, 0.2) is 42.5 Å². The van der Waals surface area contributed by atoms with Crippen LogP contribution in [-0.2, 0) is 14.8 Å². The Labute approximate surface area is 225 Å². The van der Waals surface area contributed by atoms with Crippen LogP contribution in [0.2, 0.25) is 0 Å². The summed E-state index contributed by atoms with van der Waals surface area (Å²) in [4.78, 5) is 14.9. The average Bonchev–Trinajstić information content (AvgIpc) is 3.53.